The molecule has 0 aromatic heterocycles. The second-order valence-corrected chi connectivity index (χ2v) is 16.4. The van der Waals surface area contributed by atoms with Gasteiger partial charge in [-0.3, -0.25) is 0 Å². The quantitative estimate of drug-likeness (QED) is 0.406. The molecular formula is C33H37LiSi. The zero-order chi connectivity index (χ0) is 23.4. The Balaban J connectivity index is 0.00000152. The molecule has 0 saturated heterocycles. The van der Waals surface area contributed by atoms with Gasteiger partial charge >= 0.3 is 18.9 Å². The molecule has 3 aromatic carbocycles. The SMILES string of the molecule is CC1=CC([Si](C)(C)C2C=C(CC(C)c3ccccc3)c3cc4c(cc32)CCC4)c2ccccc21.[H-].[Li+]. The normalized spacial score (nSPS) is 20.9. The van der Waals surface area contributed by atoms with Crippen LogP contribution in [0.25, 0.3) is 11.1 Å². The molecule has 6 rings (SSSR count). The van der Waals surface area contributed by atoms with Gasteiger partial charge in [0.2, 0.25) is 0 Å². The number of aryl methyl sites for hydroxylation is 2. The summed E-state index contributed by atoms with van der Waals surface area (Å²) < 4.78 is 0. The molecule has 0 radical (unpaired) electrons. The van der Waals surface area contributed by atoms with Gasteiger partial charge in [-0.2, -0.15) is 0 Å². The maximum atomic E-state index is 2.72. The first kappa shape index (κ1) is 24.6. The van der Waals surface area contributed by atoms with Crippen LogP contribution < -0.4 is 18.9 Å². The summed E-state index contributed by atoms with van der Waals surface area (Å²) in [7, 11) is -1.74. The van der Waals surface area contributed by atoms with E-state index in [0.29, 0.717) is 17.0 Å². The molecule has 0 heterocycles. The second kappa shape index (κ2) is 9.44. The Morgan fingerprint density at radius 1 is 0.829 bits per heavy atom. The van der Waals surface area contributed by atoms with Crippen LogP contribution in [-0.2, 0) is 12.8 Å². The molecule has 0 spiro atoms. The molecule has 0 N–H and O–H groups in total. The number of benzene rings is 3. The minimum atomic E-state index is -1.74. The standard InChI is InChI=1S/C33H36Si.Li.H/c1-22(24-11-6-5-7-12-24)17-27-21-33(31-20-26-14-10-13-25(26)19-30(27)31)34(3,4)32-18-23(2)28-15-8-9-16-29(28)32;;/h5-9,11-12,15-16,18-22,32-33H,10,13-14,17H2,1-4H3;;/q;+1;-1. The first-order valence-corrected chi connectivity index (χ1v) is 16.3. The third-order valence-corrected chi connectivity index (χ3v) is 13.1. The minimum absolute atomic E-state index is 0. The topological polar surface area (TPSA) is 0 Å². The van der Waals surface area contributed by atoms with Crippen molar-refractivity contribution in [2.24, 2.45) is 0 Å². The van der Waals surface area contributed by atoms with Gasteiger partial charge in [0.15, 0.2) is 0 Å². The molecule has 3 unspecified atom stereocenters. The predicted molar refractivity (Wildman–Crippen MR) is 150 cm³/mol. The monoisotopic (exact) mass is 468 g/mol. The van der Waals surface area contributed by atoms with E-state index in [4.69, 9.17) is 0 Å². The fourth-order valence-electron chi connectivity index (χ4n) is 6.95. The van der Waals surface area contributed by atoms with Gasteiger partial charge in [0.1, 0.15) is 0 Å². The van der Waals surface area contributed by atoms with Crippen LogP contribution in [0.5, 0.6) is 0 Å². The second-order valence-electron chi connectivity index (χ2n) is 11.5. The number of allylic oxidation sites excluding steroid dienone is 4. The van der Waals surface area contributed by atoms with Gasteiger partial charge in [-0.15, -0.1) is 0 Å². The largest absolute Gasteiger partial charge is 1.00 e. The van der Waals surface area contributed by atoms with Crippen LogP contribution in [0.15, 0.2) is 78.9 Å². The molecule has 0 fully saturated rings. The summed E-state index contributed by atoms with van der Waals surface area (Å²) in [4.78, 5) is 0. The molecule has 35 heavy (non-hydrogen) atoms. The molecule has 3 aromatic rings. The van der Waals surface area contributed by atoms with Crippen LogP contribution in [0, 0.1) is 0 Å². The number of fused-ring (bicyclic) bond motifs is 3. The molecule has 3 aliphatic carbocycles. The van der Waals surface area contributed by atoms with E-state index >= 15 is 0 Å². The summed E-state index contributed by atoms with van der Waals surface area (Å²) in [5.41, 5.74) is 15.2. The number of hydrogen-bond acceptors (Lipinski definition) is 0. The molecule has 0 nitrogen and oxygen atoms in total. The maximum absolute atomic E-state index is 2.72. The van der Waals surface area contributed by atoms with Crippen LogP contribution >= 0.6 is 0 Å². The Labute approximate surface area is 226 Å². The van der Waals surface area contributed by atoms with Crippen molar-refractivity contribution in [3.63, 3.8) is 0 Å². The third-order valence-electron chi connectivity index (χ3n) is 8.95. The van der Waals surface area contributed by atoms with Crippen LogP contribution in [0.3, 0.4) is 0 Å². The average molecular weight is 469 g/mol. The minimum Gasteiger partial charge on any atom is -1.00 e. The van der Waals surface area contributed by atoms with Gasteiger partial charge in [-0.05, 0) is 99.7 Å². The Morgan fingerprint density at radius 3 is 2.26 bits per heavy atom. The summed E-state index contributed by atoms with van der Waals surface area (Å²) in [6.45, 7) is 10.00. The molecular weight excluding hydrogens is 431 g/mol. The van der Waals surface area contributed by atoms with Gasteiger partial charge in [-0.25, -0.2) is 0 Å². The van der Waals surface area contributed by atoms with E-state index < -0.39 is 8.07 Å². The number of hydrogen-bond donors (Lipinski definition) is 0. The summed E-state index contributed by atoms with van der Waals surface area (Å²) >= 11 is 0. The molecule has 3 aliphatic rings. The molecule has 3 atom stereocenters. The van der Waals surface area contributed by atoms with Crippen molar-refractivity contribution in [1.82, 2.24) is 0 Å². The first-order chi connectivity index (χ1) is 16.4. The Kier molecular flexibility index (Phi) is 6.64. The van der Waals surface area contributed by atoms with Gasteiger partial charge in [0.05, 0.1) is 8.07 Å². The van der Waals surface area contributed by atoms with Crippen molar-refractivity contribution in [2.75, 3.05) is 0 Å². The number of rotatable bonds is 5. The molecule has 0 bridgehead atoms. The first-order valence-electron chi connectivity index (χ1n) is 13.1. The van der Waals surface area contributed by atoms with E-state index in [1.165, 1.54) is 36.0 Å². The predicted octanol–water partition coefficient (Wildman–Crippen LogP) is 5.95. The van der Waals surface area contributed by atoms with Gasteiger partial charge < -0.3 is 1.43 Å². The zero-order valence-electron chi connectivity index (χ0n) is 23.1. The van der Waals surface area contributed by atoms with E-state index in [-0.39, 0.29) is 20.3 Å². The molecule has 0 saturated carbocycles. The van der Waals surface area contributed by atoms with Gasteiger partial charge in [0, 0.05) is 0 Å². The third kappa shape index (κ3) is 4.17. The molecule has 174 valence electrons. The van der Waals surface area contributed by atoms with Crippen molar-refractivity contribution < 1.29 is 20.3 Å². The van der Waals surface area contributed by atoms with Gasteiger partial charge in [0.25, 0.3) is 0 Å². The van der Waals surface area contributed by atoms with Crippen molar-refractivity contribution in [2.45, 2.75) is 69.6 Å². The van der Waals surface area contributed by atoms with E-state index in [9.17, 15) is 0 Å². The van der Waals surface area contributed by atoms with E-state index in [1.807, 2.05) is 0 Å². The van der Waals surface area contributed by atoms with Crippen LogP contribution in [0.1, 0.15) is 84.1 Å². The van der Waals surface area contributed by atoms with Crippen molar-refractivity contribution in [3.05, 3.63) is 118 Å². The average Bonchev–Trinajstić information content (AvgIpc) is 3.55. The van der Waals surface area contributed by atoms with E-state index in [1.54, 1.807) is 33.4 Å². The molecule has 2 heteroatoms. The Morgan fingerprint density at radius 2 is 1.49 bits per heavy atom. The van der Waals surface area contributed by atoms with E-state index in [0.717, 1.165) is 6.42 Å². The van der Waals surface area contributed by atoms with Crippen molar-refractivity contribution >= 4 is 19.2 Å². The Hall–Kier alpha value is -2.05. The van der Waals surface area contributed by atoms with Crippen LogP contribution in [0.4, 0.5) is 0 Å². The van der Waals surface area contributed by atoms with Crippen LogP contribution in [0.2, 0.25) is 13.1 Å². The fraction of sp³-hybridized carbons (Fsp3) is 0.333. The smallest absolute Gasteiger partial charge is 1.00 e. The molecule has 0 aliphatic heterocycles. The van der Waals surface area contributed by atoms with Gasteiger partial charge in [-0.1, -0.05) is 98.9 Å². The fourth-order valence-corrected chi connectivity index (χ4v) is 10.7. The van der Waals surface area contributed by atoms with Crippen molar-refractivity contribution in [1.29, 1.82) is 0 Å². The molecule has 0 amide bonds. The summed E-state index contributed by atoms with van der Waals surface area (Å²) in [6, 6.07) is 25.5. The Bertz CT molecular complexity index is 1320. The van der Waals surface area contributed by atoms with Crippen molar-refractivity contribution in [3.8, 4) is 0 Å². The maximum Gasteiger partial charge on any atom is 1.00 e. The summed E-state index contributed by atoms with van der Waals surface area (Å²) in [5.74, 6) is 0.534. The summed E-state index contributed by atoms with van der Waals surface area (Å²) in [6.07, 6.45) is 10.3. The summed E-state index contributed by atoms with van der Waals surface area (Å²) in [5, 5.41) is 0. The zero-order valence-corrected chi connectivity index (χ0v) is 23.1. The van der Waals surface area contributed by atoms with Crippen LogP contribution in [-0.4, -0.2) is 8.07 Å². The van der Waals surface area contributed by atoms with E-state index in [2.05, 4.69) is 106 Å².